The van der Waals surface area contributed by atoms with Crippen molar-refractivity contribution in [1.82, 2.24) is 5.32 Å². The van der Waals surface area contributed by atoms with Gasteiger partial charge in [0, 0.05) is 12.0 Å². The second-order valence-corrected chi connectivity index (χ2v) is 3.36. The summed E-state index contributed by atoms with van der Waals surface area (Å²) < 4.78 is 0. The van der Waals surface area contributed by atoms with E-state index in [0.717, 1.165) is 6.42 Å². The van der Waals surface area contributed by atoms with Gasteiger partial charge in [0.25, 0.3) is 0 Å². The summed E-state index contributed by atoms with van der Waals surface area (Å²) in [7, 11) is 0. The summed E-state index contributed by atoms with van der Waals surface area (Å²) in [6.45, 7) is 6.63. The highest BCUT2D eigenvalue weighted by molar-refractivity contribution is 5.81. The Morgan fingerprint density at radius 1 is 1.58 bits per heavy atom. The molecule has 0 fully saturated rings. The van der Waals surface area contributed by atoms with Crippen molar-refractivity contribution in [2.24, 2.45) is 11.3 Å². The molecule has 0 spiro atoms. The number of hydrogen-bond donors (Lipinski definition) is 2. The van der Waals surface area contributed by atoms with Crippen LogP contribution >= 0.6 is 0 Å². The van der Waals surface area contributed by atoms with E-state index in [4.69, 9.17) is 5.90 Å². The summed E-state index contributed by atoms with van der Waals surface area (Å²) in [4.78, 5) is 15.7. The molecule has 0 aromatic carbocycles. The fourth-order valence-electron chi connectivity index (χ4n) is 0.623. The molecule has 0 aliphatic carbocycles. The lowest BCUT2D eigenvalue weighted by Crippen LogP contribution is -2.38. The molecule has 12 heavy (non-hydrogen) atoms. The third kappa shape index (κ3) is 3.69. The van der Waals surface area contributed by atoms with Crippen molar-refractivity contribution in [2.45, 2.75) is 27.2 Å². The first-order valence-electron chi connectivity index (χ1n) is 4.14. The second kappa shape index (κ2) is 5.11. The van der Waals surface area contributed by atoms with Crippen LogP contribution in [0.1, 0.15) is 27.2 Å². The molecule has 0 bridgehead atoms. The zero-order valence-electron chi connectivity index (χ0n) is 8.02. The molecule has 0 aliphatic heterocycles. The van der Waals surface area contributed by atoms with Gasteiger partial charge >= 0.3 is 0 Å². The van der Waals surface area contributed by atoms with Crippen molar-refractivity contribution >= 4 is 5.91 Å². The summed E-state index contributed by atoms with van der Waals surface area (Å²) in [6, 6.07) is 0. The van der Waals surface area contributed by atoms with Crippen LogP contribution in [0.3, 0.4) is 0 Å². The van der Waals surface area contributed by atoms with Crippen molar-refractivity contribution < 1.29 is 9.63 Å². The van der Waals surface area contributed by atoms with Crippen LogP contribution in [-0.4, -0.2) is 19.1 Å². The van der Waals surface area contributed by atoms with Gasteiger partial charge in [-0.05, 0) is 6.42 Å². The highest BCUT2D eigenvalue weighted by Crippen LogP contribution is 2.18. The third-order valence-electron chi connectivity index (χ3n) is 2.00. The fourth-order valence-corrected chi connectivity index (χ4v) is 0.623. The van der Waals surface area contributed by atoms with Gasteiger partial charge in [0.1, 0.15) is 0 Å². The molecule has 0 aliphatic rings. The Bertz CT molecular complexity index is 146. The molecule has 3 N–H and O–H groups in total. The Morgan fingerprint density at radius 3 is 2.58 bits per heavy atom. The molecule has 0 saturated carbocycles. The molecule has 0 aromatic heterocycles. The van der Waals surface area contributed by atoms with Gasteiger partial charge in [0.2, 0.25) is 5.91 Å². The van der Waals surface area contributed by atoms with E-state index >= 15 is 0 Å². The van der Waals surface area contributed by atoms with Gasteiger partial charge in [-0.2, -0.15) is 0 Å². The first-order valence-corrected chi connectivity index (χ1v) is 4.14. The minimum absolute atomic E-state index is 0.0436. The molecule has 1 amide bonds. The van der Waals surface area contributed by atoms with Crippen LogP contribution in [0.25, 0.3) is 0 Å². The van der Waals surface area contributed by atoms with Crippen LogP contribution in [0.5, 0.6) is 0 Å². The molecule has 0 heterocycles. The van der Waals surface area contributed by atoms with Crippen molar-refractivity contribution in [3.05, 3.63) is 0 Å². The van der Waals surface area contributed by atoms with Gasteiger partial charge in [-0.25, -0.2) is 5.90 Å². The van der Waals surface area contributed by atoms with Crippen molar-refractivity contribution in [2.75, 3.05) is 13.2 Å². The molecule has 0 aromatic rings. The topological polar surface area (TPSA) is 64.3 Å². The highest BCUT2D eigenvalue weighted by Gasteiger charge is 2.24. The molecule has 72 valence electrons. The summed E-state index contributed by atoms with van der Waals surface area (Å²) in [6.07, 6.45) is 0.822. The van der Waals surface area contributed by atoms with E-state index < -0.39 is 0 Å². The zero-order chi connectivity index (χ0) is 9.61. The van der Waals surface area contributed by atoms with Gasteiger partial charge in [-0.3, -0.25) is 4.79 Å². The van der Waals surface area contributed by atoms with E-state index in [0.29, 0.717) is 13.2 Å². The van der Waals surface area contributed by atoms with Gasteiger partial charge in [0.05, 0.1) is 6.61 Å². The Labute approximate surface area is 73.4 Å². The largest absolute Gasteiger partial charge is 0.353 e. The maximum atomic E-state index is 11.4. The summed E-state index contributed by atoms with van der Waals surface area (Å²) in [5.41, 5.74) is -0.297. The number of nitrogens with two attached hydrogens (primary N) is 1. The van der Waals surface area contributed by atoms with Crippen LogP contribution in [0.15, 0.2) is 0 Å². The standard InChI is InChI=1S/C8H18N2O2/c1-4-8(2,3)7(11)10-5-6-12-9/h4-6,9H2,1-3H3,(H,10,11). The highest BCUT2D eigenvalue weighted by atomic mass is 16.6. The molecule has 0 saturated heterocycles. The summed E-state index contributed by atoms with van der Waals surface area (Å²) in [5.74, 6) is 4.85. The van der Waals surface area contributed by atoms with Gasteiger partial charge in [-0.15, -0.1) is 0 Å². The van der Waals surface area contributed by atoms with E-state index in [1.807, 2.05) is 20.8 Å². The molecule has 0 atom stereocenters. The first kappa shape index (κ1) is 11.4. The summed E-state index contributed by atoms with van der Waals surface area (Å²) in [5, 5.41) is 2.73. The predicted octanol–water partition coefficient (Wildman–Crippen LogP) is 0.429. The van der Waals surface area contributed by atoms with E-state index in [2.05, 4.69) is 10.2 Å². The predicted molar refractivity (Wildman–Crippen MR) is 47.2 cm³/mol. The van der Waals surface area contributed by atoms with Gasteiger partial charge in [0.15, 0.2) is 0 Å². The van der Waals surface area contributed by atoms with Crippen molar-refractivity contribution in [3.8, 4) is 0 Å². The first-order chi connectivity index (χ1) is 5.54. The Balaban J connectivity index is 3.72. The minimum atomic E-state index is -0.297. The number of hydrogen-bond acceptors (Lipinski definition) is 3. The van der Waals surface area contributed by atoms with Gasteiger partial charge in [-0.1, -0.05) is 20.8 Å². The van der Waals surface area contributed by atoms with Crippen LogP contribution in [-0.2, 0) is 9.63 Å². The Morgan fingerprint density at radius 2 is 2.17 bits per heavy atom. The van der Waals surface area contributed by atoms with E-state index in [-0.39, 0.29) is 11.3 Å². The molecule has 0 unspecified atom stereocenters. The fraction of sp³-hybridized carbons (Fsp3) is 0.875. The molecular weight excluding hydrogens is 156 g/mol. The average molecular weight is 174 g/mol. The van der Waals surface area contributed by atoms with Gasteiger partial charge < -0.3 is 10.2 Å². The van der Waals surface area contributed by atoms with Crippen LogP contribution in [0.2, 0.25) is 0 Å². The quantitative estimate of drug-likeness (QED) is 0.469. The molecule has 0 radical (unpaired) electrons. The minimum Gasteiger partial charge on any atom is -0.353 e. The zero-order valence-corrected chi connectivity index (χ0v) is 8.02. The van der Waals surface area contributed by atoms with E-state index in [1.165, 1.54) is 0 Å². The van der Waals surface area contributed by atoms with E-state index in [9.17, 15) is 4.79 Å². The van der Waals surface area contributed by atoms with E-state index in [1.54, 1.807) is 0 Å². The third-order valence-corrected chi connectivity index (χ3v) is 2.00. The van der Waals surface area contributed by atoms with Crippen LogP contribution < -0.4 is 11.2 Å². The molecule has 4 heteroatoms. The number of carbonyl (C=O) groups is 1. The summed E-state index contributed by atoms with van der Waals surface area (Å²) >= 11 is 0. The number of rotatable bonds is 5. The molecular formula is C8H18N2O2. The average Bonchev–Trinajstić information content (AvgIpc) is 2.05. The maximum absolute atomic E-state index is 11.4. The maximum Gasteiger partial charge on any atom is 0.225 e. The molecule has 4 nitrogen and oxygen atoms in total. The smallest absolute Gasteiger partial charge is 0.225 e. The van der Waals surface area contributed by atoms with Crippen molar-refractivity contribution in [3.63, 3.8) is 0 Å². The Hall–Kier alpha value is -0.610. The lowest BCUT2D eigenvalue weighted by Gasteiger charge is -2.21. The second-order valence-electron chi connectivity index (χ2n) is 3.36. The van der Waals surface area contributed by atoms with Crippen LogP contribution in [0.4, 0.5) is 0 Å². The Kier molecular flexibility index (Phi) is 4.85. The number of amides is 1. The van der Waals surface area contributed by atoms with Crippen molar-refractivity contribution in [1.29, 1.82) is 0 Å². The SMILES string of the molecule is CCC(C)(C)C(=O)NCCON. The van der Waals surface area contributed by atoms with Crippen LogP contribution in [0, 0.1) is 5.41 Å². The lowest BCUT2D eigenvalue weighted by molar-refractivity contribution is -0.129. The number of nitrogens with one attached hydrogen (secondary N) is 1. The molecule has 0 rings (SSSR count). The lowest BCUT2D eigenvalue weighted by atomic mass is 9.89. The normalized spacial score (nSPS) is 11.3. The number of carbonyl (C=O) groups excluding carboxylic acids is 1. The monoisotopic (exact) mass is 174 g/mol.